The summed E-state index contributed by atoms with van der Waals surface area (Å²) in [7, 11) is -3.93. The molecule has 0 N–H and O–H groups in total. The lowest BCUT2D eigenvalue weighted by molar-refractivity contribution is 0.421. The highest BCUT2D eigenvalue weighted by Crippen LogP contribution is 2.19. The first-order valence-corrected chi connectivity index (χ1v) is 7.29. The minimum Gasteiger partial charge on any atom is -0.265 e. The first-order valence-electron chi connectivity index (χ1n) is 5.85. The van der Waals surface area contributed by atoms with Crippen LogP contribution in [0.15, 0.2) is 59.0 Å². The molecule has 1 aromatic heterocycles. The third-order valence-corrected chi connectivity index (χ3v) is 4.37. The molecule has 0 aliphatic heterocycles. The van der Waals surface area contributed by atoms with Crippen molar-refractivity contribution < 1.29 is 8.42 Å². The summed E-state index contributed by atoms with van der Waals surface area (Å²) in [6, 6.07) is 9.50. The molecule has 0 saturated carbocycles. The summed E-state index contributed by atoms with van der Waals surface area (Å²) in [5, 5.41) is 2.63. The third-order valence-electron chi connectivity index (χ3n) is 2.75. The van der Waals surface area contributed by atoms with E-state index in [1.165, 1.54) is 24.5 Å². The second kappa shape index (κ2) is 5.79. The molecule has 0 bridgehead atoms. The summed E-state index contributed by atoms with van der Waals surface area (Å²) in [5.41, 5.74) is 1.57. The molecule has 0 saturated heterocycles. The molecule has 0 unspecified atom stereocenters. The molecule has 20 heavy (non-hydrogen) atoms. The fraction of sp³-hybridized carbons (Fsp3) is 0.154. The van der Waals surface area contributed by atoms with E-state index in [2.05, 4.69) is 10.3 Å². The van der Waals surface area contributed by atoms with E-state index in [1.54, 1.807) is 24.3 Å². The van der Waals surface area contributed by atoms with Gasteiger partial charge < -0.3 is 0 Å². The number of sulfonamides is 1. The third kappa shape index (κ3) is 3.00. The molecule has 7 heteroatoms. The highest BCUT2D eigenvalue weighted by Gasteiger charge is 2.24. The van der Waals surface area contributed by atoms with Crippen molar-refractivity contribution in [3.05, 3.63) is 64.8 Å². The molecule has 0 fully saturated rings. The summed E-state index contributed by atoms with van der Waals surface area (Å²) in [4.78, 5) is 14.7. The Labute approximate surface area is 117 Å². The Hall–Kier alpha value is -2.28. The van der Waals surface area contributed by atoms with Gasteiger partial charge >= 0.3 is 0 Å². The van der Waals surface area contributed by atoms with Crippen molar-refractivity contribution in [1.82, 2.24) is 9.40 Å². The van der Waals surface area contributed by atoms with Crippen LogP contribution in [0.3, 0.4) is 0 Å². The second-order valence-electron chi connectivity index (χ2n) is 4.24. The molecular weight excluding hydrogens is 278 g/mol. The number of hydrogen-bond acceptors (Lipinski definition) is 5. The lowest BCUT2D eigenvalue weighted by atomic mass is 10.2. The summed E-state index contributed by atoms with van der Waals surface area (Å²) in [6.45, 7) is 1.73. The van der Waals surface area contributed by atoms with E-state index in [0.717, 1.165) is 5.56 Å². The number of rotatable bonds is 5. The number of aromatic nitrogens is 1. The van der Waals surface area contributed by atoms with E-state index in [1.807, 2.05) is 6.92 Å². The Morgan fingerprint density at radius 2 is 1.70 bits per heavy atom. The van der Waals surface area contributed by atoms with Crippen molar-refractivity contribution in [3.8, 4) is 0 Å². The predicted octanol–water partition coefficient (Wildman–Crippen LogP) is 2.26. The Balaban J connectivity index is 2.30. The SMILES string of the molecule is Cc1ccc(S(=O)(=O)N(Cc2ccncc2)N=O)cc1. The number of aryl methyl sites for hydroxylation is 1. The average Bonchev–Trinajstić information content (AvgIpc) is 2.46. The van der Waals surface area contributed by atoms with Gasteiger partial charge in [0.1, 0.15) is 0 Å². The molecule has 1 heterocycles. The minimum atomic E-state index is -3.93. The van der Waals surface area contributed by atoms with Crippen LogP contribution in [0, 0.1) is 11.8 Å². The van der Waals surface area contributed by atoms with Crippen molar-refractivity contribution in [2.24, 2.45) is 5.29 Å². The maximum absolute atomic E-state index is 12.3. The monoisotopic (exact) mass is 291 g/mol. The number of benzene rings is 1. The van der Waals surface area contributed by atoms with Crippen LogP contribution in [0.2, 0.25) is 0 Å². The molecule has 0 spiro atoms. The molecule has 104 valence electrons. The standard InChI is InChI=1S/C13H13N3O3S/c1-11-2-4-13(5-3-11)20(18,19)16(15-17)10-12-6-8-14-9-7-12/h2-9H,10H2,1H3. The molecule has 0 aliphatic carbocycles. The van der Waals surface area contributed by atoms with Crippen LogP contribution in [0.1, 0.15) is 11.1 Å². The van der Waals surface area contributed by atoms with Crippen molar-refractivity contribution in [2.75, 3.05) is 0 Å². The van der Waals surface area contributed by atoms with Crippen LogP contribution in [0.5, 0.6) is 0 Å². The zero-order valence-corrected chi connectivity index (χ0v) is 11.6. The Kier molecular flexibility index (Phi) is 4.09. The molecular formula is C13H13N3O3S. The summed E-state index contributed by atoms with van der Waals surface area (Å²) < 4.78 is 25.1. The fourth-order valence-electron chi connectivity index (χ4n) is 1.63. The van der Waals surface area contributed by atoms with E-state index in [4.69, 9.17) is 0 Å². The van der Waals surface area contributed by atoms with E-state index < -0.39 is 10.0 Å². The zero-order chi connectivity index (χ0) is 14.6. The largest absolute Gasteiger partial charge is 0.281 e. The topological polar surface area (TPSA) is 79.7 Å². The van der Waals surface area contributed by atoms with Gasteiger partial charge in [0.25, 0.3) is 10.0 Å². The number of nitroso groups, excluding NO2 is 1. The fourth-order valence-corrected chi connectivity index (χ4v) is 2.76. The van der Waals surface area contributed by atoms with Gasteiger partial charge in [-0.05, 0) is 36.8 Å². The second-order valence-corrected chi connectivity index (χ2v) is 6.08. The lowest BCUT2D eigenvalue weighted by Crippen LogP contribution is -2.25. The van der Waals surface area contributed by atoms with Gasteiger partial charge in [0.2, 0.25) is 0 Å². The van der Waals surface area contributed by atoms with Gasteiger partial charge in [-0.1, -0.05) is 17.7 Å². The summed E-state index contributed by atoms with van der Waals surface area (Å²) >= 11 is 0. The van der Waals surface area contributed by atoms with Crippen molar-refractivity contribution >= 4 is 10.0 Å². The molecule has 0 aliphatic rings. The van der Waals surface area contributed by atoms with Crippen molar-refractivity contribution in [3.63, 3.8) is 0 Å². The molecule has 6 nitrogen and oxygen atoms in total. The average molecular weight is 291 g/mol. The molecule has 2 aromatic rings. The van der Waals surface area contributed by atoms with Crippen LogP contribution in [-0.4, -0.2) is 17.8 Å². The molecule has 2 rings (SSSR count). The summed E-state index contributed by atoms with van der Waals surface area (Å²) in [5.74, 6) is 0. The Morgan fingerprint density at radius 3 is 2.25 bits per heavy atom. The van der Waals surface area contributed by atoms with Gasteiger partial charge in [-0.25, -0.2) is 0 Å². The van der Waals surface area contributed by atoms with Gasteiger partial charge in [0, 0.05) is 12.4 Å². The van der Waals surface area contributed by atoms with E-state index in [9.17, 15) is 13.3 Å². The number of nitrogens with zero attached hydrogens (tertiary/aromatic N) is 3. The maximum Gasteiger partial charge on any atom is 0.281 e. The molecule has 0 radical (unpaired) electrons. The van der Waals surface area contributed by atoms with Crippen LogP contribution >= 0.6 is 0 Å². The Morgan fingerprint density at radius 1 is 1.10 bits per heavy atom. The van der Waals surface area contributed by atoms with E-state index in [-0.39, 0.29) is 11.4 Å². The van der Waals surface area contributed by atoms with Gasteiger partial charge in [-0.2, -0.15) is 8.42 Å². The first-order chi connectivity index (χ1) is 9.54. The minimum absolute atomic E-state index is 0.0387. The van der Waals surface area contributed by atoms with Crippen LogP contribution in [0.4, 0.5) is 0 Å². The zero-order valence-electron chi connectivity index (χ0n) is 10.8. The van der Waals surface area contributed by atoms with Crippen molar-refractivity contribution in [1.29, 1.82) is 0 Å². The van der Waals surface area contributed by atoms with E-state index >= 15 is 0 Å². The summed E-state index contributed by atoms with van der Waals surface area (Å²) in [6.07, 6.45) is 3.05. The van der Waals surface area contributed by atoms with Gasteiger partial charge in [-0.3, -0.25) is 4.98 Å². The highest BCUT2D eigenvalue weighted by atomic mass is 32.2. The normalized spacial score (nSPS) is 11.1. The molecule has 0 atom stereocenters. The van der Waals surface area contributed by atoms with Gasteiger partial charge in [-0.15, -0.1) is 9.32 Å². The maximum atomic E-state index is 12.3. The lowest BCUT2D eigenvalue weighted by Gasteiger charge is -2.15. The van der Waals surface area contributed by atoms with E-state index in [0.29, 0.717) is 9.98 Å². The highest BCUT2D eigenvalue weighted by molar-refractivity contribution is 7.89. The number of pyridine rings is 1. The molecule has 0 amide bonds. The van der Waals surface area contributed by atoms with Crippen molar-refractivity contribution in [2.45, 2.75) is 18.4 Å². The smallest absolute Gasteiger partial charge is 0.265 e. The van der Waals surface area contributed by atoms with Gasteiger partial charge in [0.15, 0.2) is 0 Å². The molecule has 1 aromatic carbocycles. The Bertz CT molecular complexity index is 685. The van der Waals surface area contributed by atoms with Crippen LogP contribution in [-0.2, 0) is 16.6 Å². The van der Waals surface area contributed by atoms with Crippen LogP contribution in [0.25, 0.3) is 0 Å². The quantitative estimate of drug-likeness (QED) is 0.625. The predicted molar refractivity (Wildman–Crippen MR) is 73.9 cm³/mol. The first kappa shape index (κ1) is 14.1. The van der Waals surface area contributed by atoms with Crippen LogP contribution < -0.4 is 0 Å². The van der Waals surface area contributed by atoms with Gasteiger partial charge in [0.05, 0.1) is 16.7 Å². The number of hydrogen-bond donors (Lipinski definition) is 0.